The zero-order valence-electron chi connectivity index (χ0n) is 15.7. The first-order valence-electron chi connectivity index (χ1n) is 9.68. The Balaban J connectivity index is 2.72. The van der Waals surface area contributed by atoms with E-state index in [1.165, 1.54) is 44.1 Å². The van der Waals surface area contributed by atoms with Crippen molar-refractivity contribution in [2.75, 3.05) is 0 Å². The molecule has 136 valence electrons. The lowest BCUT2D eigenvalue weighted by atomic mass is 9.91. The first-order chi connectivity index (χ1) is 11.6. The van der Waals surface area contributed by atoms with Crippen LogP contribution >= 0.6 is 0 Å². The van der Waals surface area contributed by atoms with Gasteiger partial charge >= 0.3 is 0 Å². The summed E-state index contributed by atoms with van der Waals surface area (Å²) >= 11 is 0. The quantitative estimate of drug-likeness (QED) is 0.195. The van der Waals surface area contributed by atoms with Crippen molar-refractivity contribution in [3.05, 3.63) is 29.3 Å². The first kappa shape index (κ1) is 20.5. The smallest absolute Gasteiger partial charge is 0.124 e. The summed E-state index contributed by atoms with van der Waals surface area (Å²) in [6, 6.07) is 5.74. The van der Waals surface area contributed by atoms with Crippen LogP contribution in [0.4, 0.5) is 0 Å². The third-order valence-electron chi connectivity index (χ3n) is 4.78. The van der Waals surface area contributed by atoms with Gasteiger partial charge in [0.15, 0.2) is 0 Å². The minimum absolute atomic E-state index is 0.209. The number of rotatable bonds is 12. The maximum absolute atomic E-state index is 10.2. The number of oxime groups is 1. The highest BCUT2D eigenvalue weighted by molar-refractivity contribution is 6.02. The summed E-state index contributed by atoms with van der Waals surface area (Å²) in [5.74, 6) is 0.668. The third-order valence-corrected chi connectivity index (χ3v) is 4.78. The summed E-state index contributed by atoms with van der Waals surface area (Å²) in [5.41, 5.74) is 2.51. The zero-order valence-corrected chi connectivity index (χ0v) is 15.7. The Morgan fingerprint density at radius 2 is 1.67 bits per heavy atom. The van der Waals surface area contributed by atoms with Crippen molar-refractivity contribution in [3.63, 3.8) is 0 Å². The molecule has 0 aliphatic carbocycles. The average Bonchev–Trinajstić information content (AvgIpc) is 2.59. The van der Waals surface area contributed by atoms with Crippen LogP contribution in [-0.4, -0.2) is 16.0 Å². The van der Waals surface area contributed by atoms with Gasteiger partial charge in [-0.15, -0.1) is 0 Å². The van der Waals surface area contributed by atoms with Gasteiger partial charge < -0.3 is 10.3 Å². The van der Waals surface area contributed by atoms with Gasteiger partial charge in [-0.05, 0) is 42.9 Å². The maximum Gasteiger partial charge on any atom is 0.124 e. The van der Waals surface area contributed by atoms with Crippen molar-refractivity contribution in [1.82, 2.24) is 0 Å². The van der Waals surface area contributed by atoms with Crippen LogP contribution in [0.5, 0.6) is 5.75 Å². The summed E-state index contributed by atoms with van der Waals surface area (Å²) in [5, 5.41) is 23.0. The Kier molecular flexibility index (Phi) is 10.2. The van der Waals surface area contributed by atoms with E-state index < -0.39 is 0 Å². The molecule has 0 fully saturated rings. The Labute approximate surface area is 147 Å². The normalized spacial score (nSPS) is 13.2. The molecular weight excluding hydrogens is 298 g/mol. The highest BCUT2D eigenvalue weighted by Gasteiger charge is 2.13. The number of phenols is 1. The van der Waals surface area contributed by atoms with Crippen LogP contribution < -0.4 is 0 Å². The number of hydrogen-bond donors (Lipinski definition) is 2. The predicted molar refractivity (Wildman–Crippen MR) is 102 cm³/mol. The number of nitrogens with zero attached hydrogens (tertiary/aromatic N) is 1. The van der Waals surface area contributed by atoms with Crippen LogP contribution in [0.3, 0.4) is 0 Å². The van der Waals surface area contributed by atoms with Gasteiger partial charge in [-0.1, -0.05) is 76.9 Å². The van der Waals surface area contributed by atoms with Crippen LogP contribution in [0.25, 0.3) is 0 Å². The summed E-state index contributed by atoms with van der Waals surface area (Å²) in [6.07, 6.45) is 11.4. The van der Waals surface area contributed by atoms with Crippen molar-refractivity contribution < 1.29 is 10.3 Å². The van der Waals surface area contributed by atoms with E-state index in [0.717, 1.165) is 19.3 Å². The maximum atomic E-state index is 10.2. The Bertz CT molecular complexity index is 497. The molecule has 0 aromatic heterocycles. The lowest BCUT2D eigenvalue weighted by molar-refractivity contribution is 0.317. The molecule has 3 heteroatoms. The summed E-state index contributed by atoms with van der Waals surface area (Å²) in [7, 11) is 0. The van der Waals surface area contributed by atoms with Crippen molar-refractivity contribution in [2.45, 2.75) is 90.9 Å². The fraction of sp³-hybridized carbons (Fsp3) is 0.667. The molecule has 0 saturated heterocycles. The SMILES string of the molecule is CCCCCCCC(=NO)c1cc(C(C)CCCCC)ccc1O. The van der Waals surface area contributed by atoms with Crippen LogP contribution in [-0.2, 0) is 0 Å². The topological polar surface area (TPSA) is 52.8 Å². The molecule has 0 aliphatic heterocycles. The monoisotopic (exact) mass is 333 g/mol. The molecule has 0 heterocycles. The van der Waals surface area contributed by atoms with E-state index >= 15 is 0 Å². The van der Waals surface area contributed by atoms with E-state index in [4.69, 9.17) is 0 Å². The fourth-order valence-corrected chi connectivity index (χ4v) is 3.09. The molecular formula is C21H35NO2. The van der Waals surface area contributed by atoms with Crippen LogP contribution in [0.15, 0.2) is 23.4 Å². The summed E-state index contributed by atoms with van der Waals surface area (Å²) < 4.78 is 0. The van der Waals surface area contributed by atoms with Crippen molar-refractivity contribution >= 4 is 5.71 Å². The van der Waals surface area contributed by atoms with Crippen LogP contribution in [0, 0.1) is 0 Å². The van der Waals surface area contributed by atoms with E-state index in [2.05, 4.69) is 25.9 Å². The number of hydrogen-bond acceptors (Lipinski definition) is 3. The molecule has 0 saturated carbocycles. The van der Waals surface area contributed by atoms with Gasteiger partial charge in [-0.2, -0.15) is 0 Å². The second-order valence-electron chi connectivity index (χ2n) is 6.88. The molecule has 1 atom stereocenters. The van der Waals surface area contributed by atoms with Crippen molar-refractivity contribution in [3.8, 4) is 5.75 Å². The second-order valence-corrected chi connectivity index (χ2v) is 6.88. The van der Waals surface area contributed by atoms with Crippen LogP contribution in [0.2, 0.25) is 0 Å². The molecule has 0 spiro atoms. The second kappa shape index (κ2) is 11.9. The molecule has 2 N–H and O–H groups in total. The molecule has 1 aromatic rings. The standard InChI is InChI=1S/C21H35NO2/c1-4-6-8-9-11-13-20(22-24)19-16-18(14-15-21(19)23)17(3)12-10-7-5-2/h14-17,23-24H,4-13H2,1-3H3. The van der Waals surface area contributed by atoms with Crippen molar-refractivity contribution in [2.24, 2.45) is 5.16 Å². The van der Waals surface area contributed by atoms with Crippen molar-refractivity contribution in [1.29, 1.82) is 0 Å². The largest absolute Gasteiger partial charge is 0.507 e. The lowest BCUT2D eigenvalue weighted by Crippen LogP contribution is -2.04. The van der Waals surface area contributed by atoms with Gasteiger partial charge in [0, 0.05) is 5.56 Å². The van der Waals surface area contributed by atoms with Gasteiger partial charge in [0.05, 0.1) is 5.71 Å². The number of unbranched alkanes of at least 4 members (excludes halogenated alkanes) is 6. The Morgan fingerprint density at radius 3 is 2.33 bits per heavy atom. The average molecular weight is 334 g/mol. The third kappa shape index (κ3) is 6.94. The molecule has 0 radical (unpaired) electrons. The predicted octanol–water partition coefficient (Wildman–Crippen LogP) is 6.61. The van der Waals surface area contributed by atoms with Crippen LogP contribution in [0.1, 0.15) is 102 Å². The molecule has 0 bridgehead atoms. The highest BCUT2D eigenvalue weighted by atomic mass is 16.4. The molecule has 24 heavy (non-hydrogen) atoms. The zero-order chi connectivity index (χ0) is 17.8. The van der Waals surface area contributed by atoms with Gasteiger partial charge in [0.25, 0.3) is 0 Å². The molecule has 1 rings (SSSR count). The van der Waals surface area contributed by atoms with E-state index in [9.17, 15) is 10.3 Å². The summed E-state index contributed by atoms with van der Waals surface area (Å²) in [4.78, 5) is 0. The van der Waals surface area contributed by atoms with E-state index in [0.29, 0.717) is 23.6 Å². The van der Waals surface area contributed by atoms with Gasteiger partial charge in [0.2, 0.25) is 0 Å². The highest BCUT2D eigenvalue weighted by Crippen LogP contribution is 2.28. The van der Waals surface area contributed by atoms with Gasteiger partial charge in [-0.25, -0.2) is 0 Å². The molecule has 1 aromatic carbocycles. The Morgan fingerprint density at radius 1 is 1.00 bits per heavy atom. The minimum Gasteiger partial charge on any atom is -0.507 e. The molecule has 0 aliphatic rings. The van der Waals surface area contributed by atoms with Gasteiger partial charge in [-0.3, -0.25) is 0 Å². The summed E-state index contributed by atoms with van der Waals surface area (Å²) in [6.45, 7) is 6.64. The molecule has 3 nitrogen and oxygen atoms in total. The molecule has 1 unspecified atom stereocenters. The first-order valence-corrected chi connectivity index (χ1v) is 9.68. The lowest BCUT2D eigenvalue weighted by Gasteiger charge is -2.15. The van der Waals surface area contributed by atoms with E-state index in [1.54, 1.807) is 6.07 Å². The minimum atomic E-state index is 0.209. The molecule has 0 amide bonds. The van der Waals surface area contributed by atoms with Gasteiger partial charge in [0.1, 0.15) is 5.75 Å². The number of phenolic OH excluding ortho intramolecular Hbond substituents is 1. The number of aromatic hydroxyl groups is 1. The Hall–Kier alpha value is -1.51. The number of benzene rings is 1. The van der Waals surface area contributed by atoms with E-state index in [-0.39, 0.29) is 5.75 Å². The fourth-order valence-electron chi connectivity index (χ4n) is 3.09. The van der Waals surface area contributed by atoms with E-state index in [1.807, 2.05) is 12.1 Å².